The van der Waals surface area contributed by atoms with E-state index in [1.165, 1.54) is 0 Å². The van der Waals surface area contributed by atoms with Gasteiger partial charge in [-0.15, -0.1) is 0 Å². The van der Waals surface area contributed by atoms with Crippen LogP contribution >= 0.6 is 27.3 Å². The van der Waals surface area contributed by atoms with E-state index in [1.807, 2.05) is 6.92 Å². The Kier molecular flexibility index (Phi) is 3.53. The molecule has 0 spiro atoms. The van der Waals surface area contributed by atoms with E-state index in [1.54, 1.807) is 11.3 Å². The van der Waals surface area contributed by atoms with Gasteiger partial charge in [0, 0.05) is 5.92 Å². The Labute approximate surface area is 85.1 Å². The van der Waals surface area contributed by atoms with Crippen molar-refractivity contribution in [3.05, 3.63) is 9.61 Å². The molecule has 0 fully saturated rings. The average Bonchev–Trinajstić information content (AvgIpc) is 2.34. The maximum absolute atomic E-state index is 5.38. The van der Waals surface area contributed by atoms with Crippen LogP contribution in [0.4, 0.5) is 0 Å². The zero-order chi connectivity index (χ0) is 9.14. The van der Waals surface area contributed by atoms with Crippen molar-refractivity contribution in [2.75, 3.05) is 6.61 Å². The van der Waals surface area contributed by atoms with Crippen LogP contribution in [0.25, 0.3) is 0 Å². The van der Waals surface area contributed by atoms with Crippen molar-refractivity contribution < 1.29 is 4.74 Å². The van der Waals surface area contributed by atoms with Crippen LogP contribution in [-0.2, 0) is 0 Å². The molecule has 68 valence electrons. The first-order valence-electron chi connectivity index (χ1n) is 3.94. The van der Waals surface area contributed by atoms with Crippen molar-refractivity contribution in [2.24, 2.45) is 0 Å². The number of thiazole rings is 1. The molecule has 0 aliphatic carbocycles. The molecule has 1 rings (SSSR count). The fourth-order valence-electron chi connectivity index (χ4n) is 0.769. The van der Waals surface area contributed by atoms with Gasteiger partial charge in [0.1, 0.15) is 5.01 Å². The normalized spacial score (nSPS) is 10.8. The van der Waals surface area contributed by atoms with Crippen LogP contribution in [0.3, 0.4) is 0 Å². The molecule has 0 amide bonds. The van der Waals surface area contributed by atoms with Gasteiger partial charge in [0.15, 0.2) is 4.60 Å². The highest BCUT2D eigenvalue weighted by atomic mass is 79.9. The molecule has 0 radical (unpaired) electrons. The van der Waals surface area contributed by atoms with Gasteiger partial charge in [0.25, 0.3) is 0 Å². The monoisotopic (exact) mass is 249 g/mol. The van der Waals surface area contributed by atoms with Gasteiger partial charge in [0.05, 0.1) is 6.61 Å². The molecular weight excluding hydrogens is 238 g/mol. The average molecular weight is 250 g/mol. The summed E-state index contributed by atoms with van der Waals surface area (Å²) in [5, 5.41) is 2.01. The number of nitrogens with zero attached hydrogens (tertiary/aromatic N) is 1. The second kappa shape index (κ2) is 4.23. The molecule has 4 heteroatoms. The number of hydrogen-bond acceptors (Lipinski definition) is 3. The third kappa shape index (κ3) is 2.20. The lowest BCUT2D eigenvalue weighted by Crippen LogP contribution is -1.88. The van der Waals surface area contributed by atoms with Crippen molar-refractivity contribution >= 4 is 27.3 Å². The summed E-state index contributed by atoms with van der Waals surface area (Å²) in [4.78, 5) is 4.34. The molecule has 1 heterocycles. The molecule has 0 unspecified atom stereocenters. The summed E-state index contributed by atoms with van der Waals surface area (Å²) in [5.41, 5.74) is 0. The third-order valence-corrected chi connectivity index (χ3v) is 3.41. The Morgan fingerprint density at radius 1 is 1.58 bits per heavy atom. The largest absolute Gasteiger partial charge is 0.482 e. The van der Waals surface area contributed by atoms with Gasteiger partial charge in [-0.3, -0.25) is 0 Å². The maximum atomic E-state index is 5.38. The van der Waals surface area contributed by atoms with Crippen LogP contribution in [0, 0.1) is 0 Å². The zero-order valence-electron chi connectivity index (χ0n) is 7.43. The summed E-state index contributed by atoms with van der Waals surface area (Å²) in [6.07, 6.45) is 0. The number of halogens is 1. The standard InChI is InChI=1S/C8H12BrNOS/c1-4-11-8-6(9)10-7(12-8)5(2)3/h5H,4H2,1-3H3. The highest BCUT2D eigenvalue weighted by molar-refractivity contribution is 9.10. The minimum atomic E-state index is 0.473. The Balaban J connectivity index is 2.85. The number of ether oxygens (including phenoxy) is 1. The summed E-state index contributed by atoms with van der Waals surface area (Å²) >= 11 is 4.97. The first-order chi connectivity index (χ1) is 5.65. The summed E-state index contributed by atoms with van der Waals surface area (Å²) < 4.78 is 6.21. The first-order valence-corrected chi connectivity index (χ1v) is 5.55. The van der Waals surface area contributed by atoms with Crippen molar-refractivity contribution in [1.29, 1.82) is 0 Å². The zero-order valence-corrected chi connectivity index (χ0v) is 9.83. The lowest BCUT2D eigenvalue weighted by Gasteiger charge is -1.96. The fraction of sp³-hybridized carbons (Fsp3) is 0.625. The van der Waals surface area contributed by atoms with Gasteiger partial charge in [-0.2, -0.15) is 0 Å². The van der Waals surface area contributed by atoms with E-state index in [9.17, 15) is 0 Å². The van der Waals surface area contributed by atoms with Gasteiger partial charge in [0.2, 0.25) is 5.06 Å². The number of aromatic nitrogens is 1. The van der Waals surface area contributed by atoms with E-state index in [4.69, 9.17) is 4.74 Å². The highest BCUT2D eigenvalue weighted by Gasteiger charge is 2.11. The highest BCUT2D eigenvalue weighted by Crippen LogP contribution is 2.34. The fourth-order valence-corrected chi connectivity index (χ4v) is 2.30. The minimum Gasteiger partial charge on any atom is -0.482 e. The van der Waals surface area contributed by atoms with Crippen molar-refractivity contribution in [3.8, 4) is 5.06 Å². The molecule has 0 saturated heterocycles. The Hall–Kier alpha value is -0.0900. The van der Waals surface area contributed by atoms with Crippen LogP contribution in [0.2, 0.25) is 0 Å². The van der Waals surface area contributed by atoms with Gasteiger partial charge >= 0.3 is 0 Å². The predicted molar refractivity (Wildman–Crippen MR) is 55.1 cm³/mol. The summed E-state index contributed by atoms with van der Waals surface area (Å²) in [6, 6.07) is 0. The van der Waals surface area contributed by atoms with E-state index in [0.29, 0.717) is 12.5 Å². The van der Waals surface area contributed by atoms with Gasteiger partial charge in [-0.05, 0) is 22.9 Å². The van der Waals surface area contributed by atoms with Crippen LogP contribution in [0.1, 0.15) is 31.7 Å². The summed E-state index contributed by atoms with van der Waals surface area (Å²) in [7, 11) is 0. The van der Waals surface area contributed by atoms with Gasteiger partial charge in [-0.25, -0.2) is 4.98 Å². The van der Waals surface area contributed by atoms with E-state index >= 15 is 0 Å². The smallest absolute Gasteiger partial charge is 0.209 e. The molecular formula is C8H12BrNOS. The van der Waals surface area contributed by atoms with Crippen molar-refractivity contribution in [1.82, 2.24) is 4.98 Å². The molecule has 1 aromatic rings. The lowest BCUT2D eigenvalue weighted by atomic mass is 10.2. The Morgan fingerprint density at radius 2 is 2.25 bits per heavy atom. The van der Waals surface area contributed by atoms with E-state index in [-0.39, 0.29) is 0 Å². The Bertz CT molecular complexity index is 260. The molecule has 12 heavy (non-hydrogen) atoms. The maximum Gasteiger partial charge on any atom is 0.209 e. The van der Waals surface area contributed by atoms with E-state index < -0.39 is 0 Å². The topological polar surface area (TPSA) is 22.1 Å². The molecule has 2 nitrogen and oxygen atoms in total. The number of hydrogen-bond donors (Lipinski definition) is 0. The van der Waals surface area contributed by atoms with Crippen LogP contribution in [0.5, 0.6) is 5.06 Å². The van der Waals surface area contributed by atoms with Crippen LogP contribution in [-0.4, -0.2) is 11.6 Å². The molecule has 0 bridgehead atoms. The Morgan fingerprint density at radius 3 is 2.67 bits per heavy atom. The summed E-state index contributed by atoms with van der Waals surface area (Å²) in [5.74, 6) is 0.473. The third-order valence-electron chi connectivity index (χ3n) is 1.34. The van der Waals surface area contributed by atoms with Gasteiger partial charge < -0.3 is 4.74 Å². The molecule has 0 saturated carbocycles. The first kappa shape index (κ1) is 9.99. The molecule has 1 aromatic heterocycles. The van der Waals surface area contributed by atoms with Gasteiger partial charge in [-0.1, -0.05) is 25.2 Å². The molecule has 0 aromatic carbocycles. The second-order valence-corrected chi connectivity index (χ2v) is 4.46. The summed E-state index contributed by atoms with van der Waals surface area (Å²) in [6.45, 7) is 6.92. The SMILES string of the molecule is CCOc1sc(C(C)C)nc1Br. The molecule has 0 atom stereocenters. The van der Waals surface area contributed by atoms with Crippen LogP contribution in [0.15, 0.2) is 4.60 Å². The molecule has 0 aliphatic heterocycles. The predicted octanol–water partition coefficient (Wildman–Crippen LogP) is 3.43. The lowest BCUT2D eigenvalue weighted by molar-refractivity contribution is 0.347. The van der Waals surface area contributed by atoms with E-state index in [2.05, 4.69) is 34.8 Å². The van der Waals surface area contributed by atoms with E-state index in [0.717, 1.165) is 14.7 Å². The van der Waals surface area contributed by atoms with Crippen molar-refractivity contribution in [3.63, 3.8) is 0 Å². The quantitative estimate of drug-likeness (QED) is 0.819. The van der Waals surface area contributed by atoms with Crippen LogP contribution < -0.4 is 4.74 Å². The van der Waals surface area contributed by atoms with Crippen molar-refractivity contribution in [2.45, 2.75) is 26.7 Å². The number of rotatable bonds is 3. The molecule has 0 N–H and O–H groups in total. The second-order valence-electron chi connectivity index (χ2n) is 2.72. The molecule has 0 aliphatic rings. The minimum absolute atomic E-state index is 0.473.